The fourth-order valence-electron chi connectivity index (χ4n) is 4.61. The van der Waals surface area contributed by atoms with Crippen LogP contribution in [0.2, 0.25) is 0 Å². The number of rotatable bonds is 13. The monoisotopic (exact) mass is 394 g/mol. The summed E-state index contributed by atoms with van der Waals surface area (Å²) in [5.41, 5.74) is 1.03. The van der Waals surface area contributed by atoms with Gasteiger partial charge in [-0.05, 0) is 36.7 Å². The number of unbranched alkanes of at least 4 members (excludes halogenated alkanes) is 2. The highest BCUT2D eigenvalue weighted by Crippen LogP contribution is 2.41. The van der Waals surface area contributed by atoms with Gasteiger partial charge in [0, 0.05) is 6.42 Å². The van der Waals surface area contributed by atoms with E-state index in [9.17, 15) is 4.39 Å². The van der Waals surface area contributed by atoms with Crippen LogP contribution in [0.15, 0.2) is 30.3 Å². The molecule has 0 aromatic heterocycles. The van der Waals surface area contributed by atoms with E-state index in [2.05, 4.69) is 6.92 Å². The Hall–Kier alpha value is -0.960. The van der Waals surface area contributed by atoms with Gasteiger partial charge in [0.1, 0.15) is 6.17 Å². The van der Waals surface area contributed by atoms with Crippen LogP contribution in [0.5, 0.6) is 0 Å². The zero-order valence-corrected chi connectivity index (χ0v) is 18.0. The van der Waals surface area contributed by atoms with Gasteiger partial charge >= 0.3 is 0 Å². The zero-order valence-electron chi connectivity index (χ0n) is 18.0. The van der Waals surface area contributed by atoms with Crippen LogP contribution < -0.4 is 0 Å². The molecule has 3 heteroatoms. The highest BCUT2D eigenvalue weighted by atomic mass is 19.2. The molecule has 1 aliphatic rings. The van der Waals surface area contributed by atoms with Gasteiger partial charge in [-0.3, -0.25) is 0 Å². The topological polar surface area (TPSA) is 9.23 Å². The molecule has 0 heterocycles. The lowest BCUT2D eigenvalue weighted by molar-refractivity contribution is -0.0785. The molecule has 160 valence electrons. The quantitative estimate of drug-likeness (QED) is 0.313. The van der Waals surface area contributed by atoms with Gasteiger partial charge in [-0.2, -0.15) is 0 Å². The van der Waals surface area contributed by atoms with E-state index < -0.39 is 18.4 Å². The fourth-order valence-corrected chi connectivity index (χ4v) is 4.61. The molecule has 0 amide bonds. The van der Waals surface area contributed by atoms with Crippen molar-refractivity contribution in [2.24, 2.45) is 5.41 Å². The Morgan fingerprint density at radius 3 is 2.32 bits per heavy atom. The lowest BCUT2D eigenvalue weighted by atomic mass is 9.71. The Morgan fingerprint density at radius 1 is 0.964 bits per heavy atom. The molecule has 0 saturated heterocycles. The van der Waals surface area contributed by atoms with Gasteiger partial charge in [0.2, 0.25) is 0 Å². The van der Waals surface area contributed by atoms with Crippen molar-refractivity contribution in [2.45, 2.75) is 109 Å². The zero-order chi connectivity index (χ0) is 20.2. The van der Waals surface area contributed by atoms with E-state index in [0.29, 0.717) is 13.0 Å². The minimum absolute atomic E-state index is 0.118. The highest BCUT2D eigenvalue weighted by Gasteiger charge is 2.36. The predicted molar refractivity (Wildman–Crippen MR) is 114 cm³/mol. The third-order valence-corrected chi connectivity index (χ3v) is 6.38. The highest BCUT2D eigenvalue weighted by molar-refractivity contribution is 5.15. The van der Waals surface area contributed by atoms with Crippen molar-refractivity contribution in [1.29, 1.82) is 0 Å². The lowest BCUT2D eigenvalue weighted by Crippen LogP contribution is -2.39. The molecule has 0 spiro atoms. The Morgan fingerprint density at radius 2 is 1.68 bits per heavy atom. The summed E-state index contributed by atoms with van der Waals surface area (Å²) >= 11 is 0. The SMILES string of the molecule is CCCCCC1(COC(CCC)C(F)C(F)Cc2ccccc2)CCCCC1. The molecular formula is C25H40F2O. The Bertz CT molecular complexity index is 513. The van der Waals surface area contributed by atoms with Gasteiger partial charge in [0.05, 0.1) is 12.7 Å². The molecule has 1 aliphatic carbocycles. The van der Waals surface area contributed by atoms with E-state index in [1.54, 1.807) is 0 Å². The molecule has 1 aromatic rings. The van der Waals surface area contributed by atoms with Gasteiger partial charge < -0.3 is 4.74 Å². The predicted octanol–water partition coefficient (Wildman–Crippen LogP) is 7.62. The van der Waals surface area contributed by atoms with Gasteiger partial charge in [-0.15, -0.1) is 0 Å². The average molecular weight is 395 g/mol. The summed E-state index contributed by atoms with van der Waals surface area (Å²) in [6.45, 7) is 4.84. The van der Waals surface area contributed by atoms with E-state index >= 15 is 4.39 Å². The lowest BCUT2D eigenvalue weighted by Gasteiger charge is -2.39. The van der Waals surface area contributed by atoms with Crippen LogP contribution in [0.4, 0.5) is 8.78 Å². The van der Waals surface area contributed by atoms with Crippen LogP contribution in [0.25, 0.3) is 0 Å². The Labute approximate surface area is 171 Å². The molecule has 0 bridgehead atoms. The number of benzene rings is 1. The maximum Gasteiger partial charge on any atom is 0.157 e. The second kappa shape index (κ2) is 12.6. The molecule has 3 atom stereocenters. The molecule has 1 fully saturated rings. The maximum atomic E-state index is 15.0. The second-order valence-corrected chi connectivity index (χ2v) is 8.81. The molecule has 3 unspecified atom stereocenters. The van der Waals surface area contributed by atoms with E-state index in [0.717, 1.165) is 12.0 Å². The third-order valence-electron chi connectivity index (χ3n) is 6.38. The van der Waals surface area contributed by atoms with Crippen molar-refractivity contribution in [1.82, 2.24) is 0 Å². The number of alkyl halides is 2. The first-order valence-electron chi connectivity index (χ1n) is 11.5. The first kappa shape index (κ1) is 23.3. The summed E-state index contributed by atoms with van der Waals surface area (Å²) in [6.07, 6.45) is 8.79. The smallest absolute Gasteiger partial charge is 0.157 e. The van der Waals surface area contributed by atoms with E-state index in [-0.39, 0.29) is 11.8 Å². The van der Waals surface area contributed by atoms with Crippen LogP contribution in [0.3, 0.4) is 0 Å². The first-order chi connectivity index (χ1) is 13.6. The second-order valence-electron chi connectivity index (χ2n) is 8.81. The molecule has 1 nitrogen and oxygen atoms in total. The summed E-state index contributed by atoms with van der Waals surface area (Å²) in [5, 5.41) is 0. The van der Waals surface area contributed by atoms with Gasteiger partial charge in [0.25, 0.3) is 0 Å². The molecular weight excluding hydrogens is 354 g/mol. The van der Waals surface area contributed by atoms with E-state index in [1.165, 1.54) is 57.8 Å². The normalized spacial score (nSPS) is 19.9. The molecule has 28 heavy (non-hydrogen) atoms. The molecule has 0 aliphatic heterocycles. The minimum atomic E-state index is -1.56. The molecule has 2 rings (SSSR count). The van der Waals surface area contributed by atoms with Gasteiger partial charge in [-0.1, -0.05) is 89.1 Å². The summed E-state index contributed by atoms with van der Waals surface area (Å²) in [4.78, 5) is 0. The Kier molecular flexibility index (Phi) is 10.5. The first-order valence-corrected chi connectivity index (χ1v) is 11.5. The standard InChI is InChI=1S/C25H40F2O/c1-3-5-10-16-25(17-11-7-12-18-25)20-28-23(13-4-2)24(27)22(26)19-21-14-8-6-9-15-21/h6,8-9,14-15,22-24H,3-5,7,10-13,16-20H2,1-2H3. The van der Waals surface area contributed by atoms with Crippen molar-refractivity contribution in [3.63, 3.8) is 0 Å². The molecule has 1 saturated carbocycles. The summed E-state index contributed by atoms with van der Waals surface area (Å²) < 4.78 is 35.9. The Balaban J connectivity index is 1.95. The summed E-state index contributed by atoms with van der Waals surface area (Å²) in [7, 11) is 0. The maximum absolute atomic E-state index is 15.0. The number of halogens is 2. The van der Waals surface area contributed by atoms with Crippen molar-refractivity contribution < 1.29 is 13.5 Å². The number of hydrogen-bond acceptors (Lipinski definition) is 1. The molecule has 1 aromatic carbocycles. The van der Waals surface area contributed by atoms with Crippen molar-refractivity contribution >= 4 is 0 Å². The van der Waals surface area contributed by atoms with E-state index in [1.807, 2.05) is 37.3 Å². The van der Waals surface area contributed by atoms with Crippen LogP contribution in [-0.2, 0) is 11.2 Å². The van der Waals surface area contributed by atoms with Crippen molar-refractivity contribution in [3.8, 4) is 0 Å². The van der Waals surface area contributed by atoms with Crippen LogP contribution in [0.1, 0.15) is 90.0 Å². The van der Waals surface area contributed by atoms with Crippen molar-refractivity contribution in [2.75, 3.05) is 6.61 Å². The van der Waals surface area contributed by atoms with Crippen LogP contribution in [0, 0.1) is 5.41 Å². The minimum Gasteiger partial charge on any atom is -0.375 e. The van der Waals surface area contributed by atoms with Gasteiger partial charge in [-0.25, -0.2) is 8.78 Å². The average Bonchev–Trinajstić information content (AvgIpc) is 2.72. The van der Waals surface area contributed by atoms with Crippen LogP contribution in [-0.4, -0.2) is 25.1 Å². The third kappa shape index (κ3) is 7.46. The fraction of sp³-hybridized carbons (Fsp3) is 0.760. The number of hydrogen-bond donors (Lipinski definition) is 0. The number of ether oxygens (including phenoxy) is 1. The van der Waals surface area contributed by atoms with Crippen LogP contribution >= 0.6 is 0 Å². The molecule has 0 N–H and O–H groups in total. The molecule has 0 radical (unpaired) electrons. The largest absolute Gasteiger partial charge is 0.375 e. The summed E-state index contributed by atoms with van der Waals surface area (Å²) in [6, 6.07) is 9.37. The van der Waals surface area contributed by atoms with Crippen molar-refractivity contribution in [3.05, 3.63) is 35.9 Å². The summed E-state index contributed by atoms with van der Waals surface area (Å²) in [5.74, 6) is 0. The van der Waals surface area contributed by atoms with Gasteiger partial charge in [0.15, 0.2) is 6.17 Å². The van der Waals surface area contributed by atoms with E-state index in [4.69, 9.17) is 4.74 Å².